The molecule has 0 amide bonds. The van der Waals surface area contributed by atoms with Gasteiger partial charge in [-0.1, -0.05) is 45.7 Å². The summed E-state index contributed by atoms with van der Waals surface area (Å²) in [6.07, 6.45) is 3.64. The first-order chi connectivity index (χ1) is 9.13. The molecule has 2 heteroatoms. The molecular weight excluding hydrogens is 232 g/mol. The predicted octanol–water partition coefficient (Wildman–Crippen LogP) is 4.23. The minimum atomic E-state index is 0.481. The Labute approximate surface area is 119 Å². The fourth-order valence-electron chi connectivity index (χ4n) is 2.61. The van der Waals surface area contributed by atoms with E-state index in [0.29, 0.717) is 12.0 Å². The molecule has 1 aromatic carbocycles. The maximum atomic E-state index is 3.74. The maximum absolute atomic E-state index is 3.74. The molecule has 0 aromatic heterocycles. The average Bonchev–Trinajstić information content (AvgIpc) is 2.43. The van der Waals surface area contributed by atoms with E-state index in [-0.39, 0.29) is 0 Å². The quantitative estimate of drug-likeness (QED) is 0.754. The summed E-state index contributed by atoms with van der Waals surface area (Å²) < 4.78 is 0. The SMILES string of the molecule is CCCNC(c1cccc(N(C)C)c1)C(CC)CC. The molecule has 0 aliphatic carbocycles. The number of anilines is 1. The zero-order valence-electron chi connectivity index (χ0n) is 13.2. The summed E-state index contributed by atoms with van der Waals surface area (Å²) in [5, 5.41) is 3.74. The molecule has 19 heavy (non-hydrogen) atoms. The van der Waals surface area contributed by atoms with E-state index in [1.165, 1.54) is 30.5 Å². The number of nitrogens with zero attached hydrogens (tertiary/aromatic N) is 1. The zero-order chi connectivity index (χ0) is 14.3. The van der Waals surface area contributed by atoms with E-state index in [9.17, 15) is 0 Å². The fourth-order valence-corrected chi connectivity index (χ4v) is 2.61. The summed E-state index contributed by atoms with van der Waals surface area (Å²) in [7, 11) is 4.20. The Morgan fingerprint density at radius 3 is 2.32 bits per heavy atom. The van der Waals surface area contributed by atoms with Crippen LogP contribution in [0.25, 0.3) is 0 Å². The van der Waals surface area contributed by atoms with Crippen LogP contribution in [-0.4, -0.2) is 20.6 Å². The van der Waals surface area contributed by atoms with Crippen molar-refractivity contribution in [2.45, 2.75) is 46.1 Å². The van der Waals surface area contributed by atoms with Crippen molar-refractivity contribution in [3.8, 4) is 0 Å². The monoisotopic (exact) mass is 262 g/mol. The van der Waals surface area contributed by atoms with Crippen LogP contribution in [0.15, 0.2) is 24.3 Å². The van der Waals surface area contributed by atoms with Crippen LogP contribution >= 0.6 is 0 Å². The van der Waals surface area contributed by atoms with E-state index >= 15 is 0 Å². The molecule has 0 bridgehead atoms. The Balaban J connectivity index is 2.98. The van der Waals surface area contributed by atoms with Gasteiger partial charge in [-0.3, -0.25) is 0 Å². The molecule has 0 spiro atoms. The number of rotatable bonds is 8. The normalized spacial score (nSPS) is 12.7. The van der Waals surface area contributed by atoms with E-state index in [0.717, 1.165) is 6.54 Å². The maximum Gasteiger partial charge on any atom is 0.0364 e. The average molecular weight is 262 g/mol. The summed E-state index contributed by atoms with van der Waals surface area (Å²) in [5.74, 6) is 0.712. The Hall–Kier alpha value is -1.02. The third-order valence-electron chi connectivity index (χ3n) is 3.88. The molecule has 0 heterocycles. The lowest BCUT2D eigenvalue weighted by atomic mass is 9.88. The van der Waals surface area contributed by atoms with E-state index in [2.05, 4.69) is 69.3 Å². The van der Waals surface area contributed by atoms with Crippen LogP contribution in [0.3, 0.4) is 0 Å². The van der Waals surface area contributed by atoms with Gasteiger partial charge in [-0.25, -0.2) is 0 Å². The van der Waals surface area contributed by atoms with E-state index in [1.54, 1.807) is 0 Å². The summed E-state index contributed by atoms with van der Waals surface area (Å²) >= 11 is 0. The van der Waals surface area contributed by atoms with Gasteiger partial charge in [0.15, 0.2) is 0 Å². The van der Waals surface area contributed by atoms with Crippen molar-refractivity contribution >= 4 is 5.69 Å². The van der Waals surface area contributed by atoms with Crippen molar-refractivity contribution < 1.29 is 0 Å². The standard InChI is InChI=1S/C17H30N2/c1-6-12-18-17(14(7-2)8-3)15-10-9-11-16(13-15)19(4)5/h9-11,13-14,17-18H,6-8,12H2,1-5H3. The number of hydrogen-bond acceptors (Lipinski definition) is 2. The van der Waals surface area contributed by atoms with Gasteiger partial charge in [-0.05, 0) is 36.6 Å². The molecule has 0 radical (unpaired) electrons. The number of nitrogens with one attached hydrogen (secondary N) is 1. The molecule has 2 nitrogen and oxygen atoms in total. The summed E-state index contributed by atoms with van der Waals surface area (Å²) in [5.41, 5.74) is 2.71. The Morgan fingerprint density at radius 1 is 1.11 bits per heavy atom. The first kappa shape index (κ1) is 16.0. The minimum Gasteiger partial charge on any atom is -0.378 e. The number of hydrogen-bond donors (Lipinski definition) is 1. The zero-order valence-corrected chi connectivity index (χ0v) is 13.2. The highest BCUT2D eigenvalue weighted by atomic mass is 15.1. The van der Waals surface area contributed by atoms with Gasteiger partial charge >= 0.3 is 0 Å². The van der Waals surface area contributed by atoms with Crippen molar-refractivity contribution in [2.75, 3.05) is 25.5 Å². The van der Waals surface area contributed by atoms with Gasteiger partial charge in [0, 0.05) is 25.8 Å². The Kier molecular flexibility index (Phi) is 6.93. The lowest BCUT2D eigenvalue weighted by Crippen LogP contribution is -2.28. The molecular formula is C17H30N2. The summed E-state index contributed by atoms with van der Waals surface area (Å²) in [6.45, 7) is 7.91. The first-order valence-corrected chi connectivity index (χ1v) is 7.64. The van der Waals surface area contributed by atoms with Gasteiger partial charge < -0.3 is 10.2 Å². The fraction of sp³-hybridized carbons (Fsp3) is 0.647. The molecule has 1 unspecified atom stereocenters. The van der Waals surface area contributed by atoms with E-state index in [1.807, 2.05) is 0 Å². The minimum absolute atomic E-state index is 0.481. The molecule has 1 N–H and O–H groups in total. The van der Waals surface area contributed by atoms with Gasteiger partial charge in [-0.15, -0.1) is 0 Å². The molecule has 0 aliphatic rings. The molecule has 0 saturated carbocycles. The Bertz CT molecular complexity index is 356. The van der Waals surface area contributed by atoms with Gasteiger partial charge in [0.05, 0.1) is 0 Å². The molecule has 0 fully saturated rings. The lowest BCUT2D eigenvalue weighted by Gasteiger charge is -2.28. The Morgan fingerprint density at radius 2 is 1.79 bits per heavy atom. The molecule has 1 aromatic rings. The molecule has 108 valence electrons. The third-order valence-corrected chi connectivity index (χ3v) is 3.88. The van der Waals surface area contributed by atoms with Crippen molar-refractivity contribution in [3.63, 3.8) is 0 Å². The van der Waals surface area contributed by atoms with Crippen molar-refractivity contribution in [1.82, 2.24) is 5.32 Å². The highest BCUT2D eigenvalue weighted by Crippen LogP contribution is 2.29. The second-order valence-corrected chi connectivity index (χ2v) is 5.50. The number of benzene rings is 1. The van der Waals surface area contributed by atoms with Crippen LogP contribution in [-0.2, 0) is 0 Å². The third kappa shape index (κ3) is 4.54. The van der Waals surface area contributed by atoms with Crippen LogP contribution < -0.4 is 10.2 Å². The van der Waals surface area contributed by atoms with Crippen LogP contribution in [0.5, 0.6) is 0 Å². The topological polar surface area (TPSA) is 15.3 Å². The van der Waals surface area contributed by atoms with Crippen molar-refractivity contribution in [3.05, 3.63) is 29.8 Å². The van der Waals surface area contributed by atoms with Crippen LogP contribution in [0.4, 0.5) is 5.69 Å². The highest BCUT2D eigenvalue weighted by Gasteiger charge is 2.19. The second kappa shape index (κ2) is 8.21. The van der Waals surface area contributed by atoms with E-state index in [4.69, 9.17) is 0 Å². The van der Waals surface area contributed by atoms with Gasteiger partial charge in [-0.2, -0.15) is 0 Å². The second-order valence-electron chi connectivity index (χ2n) is 5.50. The van der Waals surface area contributed by atoms with Crippen LogP contribution in [0, 0.1) is 5.92 Å². The van der Waals surface area contributed by atoms with Gasteiger partial charge in [0.25, 0.3) is 0 Å². The van der Waals surface area contributed by atoms with E-state index < -0.39 is 0 Å². The summed E-state index contributed by atoms with van der Waals surface area (Å²) in [4.78, 5) is 2.17. The smallest absolute Gasteiger partial charge is 0.0364 e. The lowest BCUT2D eigenvalue weighted by molar-refractivity contribution is 0.341. The van der Waals surface area contributed by atoms with Gasteiger partial charge in [0.2, 0.25) is 0 Å². The van der Waals surface area contributed by atoms with Crippen LogP contribution in [0.1, 0.15) is 51.6 Å². The highest BCUT2D eigenvalue weighted by molar-refractivity contribution is 5.48. The molecule has 0 saturated heterocycles. The van der Waals surface area contributed by atoms with Crippen molar-refractivity contribution in [1.29, 1.82) is 0 Å². The summed E-state index contributed by atoms with van der Waals surface area (Å²) in [6, 6.07) is 9.42. The molecule has 1 atom stereocenters. The van der Waals surface area contributed by atoms with Gasteiger partial charge in [0.1, 0.15) is 0 Å². The molecule has 0 aliphatic heterocycles. The first-order valence-electron chi connectivity index (χ1n) is 7.64. The van der Waals surface area contributed by atoms with Crippen LogP contribution in [0.2, 0.25) is 0 Å². The predicted molar refractivity (Wildman–Crippen MR) is 85.9 cm³/mol. The molecule has 1 rings (SSSR count). The van der Waals surface area contributed by atoms with Crippen molar-refractivity contribution in [2.24, 2.45) is 5.92 Å². The largest absolute Gasteiger partial charge is 0.378 e.